The maximum atomic E-state index is 9.76. The van der Waals surface area contributed by atoms with E-state index in [9.17, 15) is 5.11 Å². The van der Waals surface area contributed by atoms with Crippen LogP contribution in [0.25, 0.3) is 10.8 Å². The Bertz CT molecular complexity index is 503. The van der Waals surface area contributed by atoms with Crippen molar-refractivity contribution in [3.05, 3.63) is 54.2 Å². The third-order valence-electron chi connectivity index (χ3n) is 2.47. The first-order valence-corrected chi connectivity index (χ1v) is 4.89. The second-order valence-electron chi connectivity index (χ2n) is 3.42. The van der Waals surface area contributed by atoms with Gasteiger partial charge in [-0.25, -0.2) is 0 Å². The van der Waals surface area contributed by atoms with Crippen molar-refractivity contribution >= 4 is 10.8 Å². The molecule has 0 bridgehead atoms. The Hall–Kier alpha value is -1.96. The normalized spacial score (nSPS) is 11.2. The van der Waals surface area contributed by atoms with E-state index in [1.165, 1.54) is 6.20 Å². The summed E-state index contributed by atoms with van der Waals surface area (Å²) in [5.41, 5.74) is 6.23. The van der Waals surface area contributed by atoms with E-state index in [1.54, 1.807) is 6.07 Å². The summed E-state index contributed by atoms with van der Waals surface area (Å²) >= 11 is 0. The largest absolute Gasteiger partial charge is 0.508 e. The van der Waals surface area contributed by atoms with Gasteiger partial charge in [-0.05, 0) is 29.5 Å². The minimum absolute atomic E-state index is 0.326. The number of aromatic hydroxyl groups is 1. The number of nitrogens with two attached hydrogens (primary N) is 1. The standard InChI is InChI=1S/C13H13NO/c14-9-3-6-12-11-5-2-1-4-10(11)7-8-13(12)15/h1-5,7-9,15H,6,14H2. The lowest BCUT2D eigenvalue weighted by Crippen LogP contribution is -1.87. The first-order valence-electron chi connectivity index (χ1n) is 4.89. The SMILES string of the molecule is NC=CCc1c(O)ccc2ccccc12. The number of phenolic OH excluding ortho intramolecular Hbond substituents is 1. The lowest BCUT2D eigenvalue weighted by molar-refractivity contribution is 0.471. The first-order chi connectivity index (χ1) is 7.33. The van der Waals surface area contributed by atoms with Gasteiger partial charge in [-0.2, -0.15) is 0 Å². The van der Waals surface area contributed by atoms with E-state index in [2.05, 4.69) is 0 Å². The Labute approximate surface area is 88.7 Å². The Morgan fingerprint density at radius 3 is 2.73 bits per heavy atom. The quantitative estimate of drug-likeness (QED) is 0.780. The monoisotopic (exact) mass is 199 g/mol. The van der Waals surface area contributed by atoms with Crippen molar-refractivity contribution in [3.8, 4) is 5.75 Å². The smallest absolute Gasteiger partial charge is 0.119 e. The molecule has 0 saturated heterocycles. The van der Waals surface area contributed by atoms with Gasteiger partial charge in [0.15, 0.2) is 0 Å². The number of phenols is 1. The predicted octanol–water partition coefficient (Wildman–Crippen LogP) is 2.56. The van der Waals surface area contributed by atoms with Crippen LogP contribution in [0, 0.1) is 0 Å². The fraction of sp³-hybridized carbons (Fsp3) is 0.0769. The van der Waals surface area contributed by atoms with Crippen LogP contribution in [0.3, 0.4) is 0 Å². The Kier molecular flexibility index (Phi) is 2.59. The van der Waals surface area contributed by atoms with E-state index in [4.69, 9.17) is 5.73 Å². The molecule has 0 aliphatic rings. The highest BCUT2D eigenvalue weighted by molar-refractivity contribution is 5.87. The Morgan fingerprint density at radius 1 is 1.13 bits per heavy atom. The molecule has 0 spiro atoms. The van der Waals surface area contributed by atoms with Crippen molar-refractivity contribution in [2.45, 2.75) is 6.42 Å². The Morgan fingerprint density at radius 2 is 1.93 bits per heavy atom. The van der Waals surface area contributed by atoms with Crippen LogP contribution in [-0.4, -0.2) is 5.11 Å². The van der Waals surface area contributed by atoms with Crippen LogP contribution in [0.1, 0.15) is 5.56 Å². The summed E-state index contributed by atoms with van der Waals surface area (Å²) in [7, 11) is 0. The maximum Gasteiger partial charge on any atom is 0.119 e. The molecule has 0 fully saturated rings. The molecule has 0 atom stereocenters. The highest BCUT2D eigenvalue weighted by Gasteiger charge is 2.04. The third-order valence-corrected chi connectivity index (χ3v) is 2.47. The molecule has 0 unspecified atom stereocenters. The molecule has 0 aliphatic carbocycles. The number of hydrogen-bond acceptors (Lipinski definition) is 2. The predicted molar refractivity (Wildman–Crippen MR) is 62.6 cm³/mol. The molecule has 2 rings (SSSR count). The number of benzene rings is 2. The molecule has 76 valence electrons. The highest BCUT2D eigenvalue weighted by Crippen LogP contribution is 2.27. The minimum atomic E-state index is 0.326. The maximum absolute atomic E-state index is 9.76. The second kappa shape index (κ2) is 4.05. The number of hydrogen-bond donors (Lipinski definition) is 2. The Balaban J connectivity index is 2.63. The van der Waals surface area contributed by atoms with Gasteiger partial charge < -0.3 is 10.8 Å². The van der Waals surface area contributed by atoms with Gasteiger partial charge in [0.2, 0.25) is 0 Å². The van der Waals surface area contributed by atoms with Crippen LogP contribution in [0.4, 0.5) is 0 Å². The van der Waals surface area contributed by atoms with Crippen molar-refractivity contribution < 1.29 is 5.11 Å². The van der Waals surface area contributed by atoms with Crippen LogP contribution in [-0.2, 0) is 6.42 Å². The van der Waals surface area contributed by atoms with Gasteiger partial charge in [-0.3, -0.25) is 0 Å². The van der Waals surface area contributed by atoms with Crippen molar-refractivity contribution in [1.29, 1.82) is 0 Å². The highest BCUT2D eigenvalue weighted by atomic mass is 16.3. The third kappa shape index (κ3) is 1.79. The average Bonchev–Trinajstić information content (AvgIpc) is 2.28. The molecular formula is C13H13NO. The van der Waals surface area contributed by atoms with E-state index in [0.717, 1.165) is 16.3 Å². The van der Waals surface area contributed by atoms with Crippen molar-refractivity contribution in [1.82, 2.24) is 0 Å². The van der Waals surface area contributed by atoms with Crippen LogP contribution in [0.2, 0.25) is 0 Å². The molecule has 0 saturated carbocycles. The molecule has 0 radical (unpaired) electrons. The van der Waals surface area contributed by atoms with E-state index < -0.39 is 0 Å². The molecule has 0 heterocycles. The molecule has 2 aromatic rings. The van der Waals surface area contributed by atoms with Gasteiger partial charge in [0, 0.05) is 5.56 Å². The van der Waals surface area contributed by atoms with Crippen LogP contribution < -0.4 is 5.73 Å². The number of rotatable bonds is 2. The topological polar surface area (TPSA) is 46.2 Å². The molecule has 2 nitrogen and oxygen atoms in total. The molecule has 0 amide bonds. The van der Waals surface area contributed by atoms with Crippen molar-refractivity contribution in [2.75, 3.05) is 0 Å². The second-order valence-corrected chi connectivity index (χ2v) is 3.42. The number of fused-ring (bicyclic) bond motifs is 1. The summed E-state index contributed by atoms with van der Waals surface area (Å²) in [6, 6.07) is 11.6. The lowest BCUT2D eigenvalue weighted by atomic mass is 10.0. The summed E-state index contributed by atoms with van der Waals surface area (Å²) in [6.45, 7) is 0. The summed E-state index contributed by atoms with van der Waals surface area (Å²) in [4.78, 5) is 0. The average molecular weight is 199 g/mol. The van der Waals surface area contributed by atoms with Crippen LogP contribution >= 0.6 is 0 Å². The van der Waals surface area contributed by atoms with Crippen LogP contribution in [0.15, 0.2) is 48.7 Å². The zero-order valence-electron chi connectivity index (χ0n) is 8.35. The summed E-state index contributed by atoms with van der Waals surface area (Å²) < 4.78 is 0. The molecule has 2 heteroatoms. The van der Waals surface area contributed by atoms with Gasteiger partial charge >= 0.3 is 0 Å². The lowest BCUT2D eigenvalue weighted by Gasteiger charge is -2.06. The molecule has 15 heavy (non-hydrogen) atoms. The van der Waals surface area contributed by atoms with E-state index in [-0.39, 0.29) is 0 Å². The van der Waals surface area contributed by atoms with Gasteiger partial charge in [0.1, 0.15) is 5.75 Å². The molecule has 0 aliphatic heterocycles. The van der Waals surface area contributed by atoms with Gasteiger partial charge in [-0.15, -0.1) is 0 Å². The molecular weight excluding hydrogens is 186 g/mol. The zero-order valence-corrected chi connectivity index (χ0v) is 8.35. The minimum Gasteiger partial charge on any atom is -0.508 e. The first kappa shape index (κ1) is 9.59. The van der Waals surface area contributed by atoms with E-state index >= 15 is 0 Å². The summed E-state index contributed by atoms with van der Waals surface area (Å²) in [5, 5.41) is 12.0. The van der Waals surface area contributed by atoms with Crippen LogP contribution in [0.5, 0.6) is 5.75 Å². The summed E-state index contributed by atoms with van der Waals surface area (Å²) in [5.74, 6) is 0.326. The molecule has 0 aromatic heterocycles. The van der Waals surface area contributed by atoms with E-state index in [1.807, 2.05) is 36.4 Å². The van der Waals surface area contributed by atoms with Gasteiger partial charge in [0.25, 0.3) is 0 Å². The number of allylic oxidation sites excluding steroid dienone is 1. The molecule has 3 N–H and O–H groups in total. The van der Waals surface area contributed by atoms with Crippen molar-refractivity contribution in [3.63, 3.8) is 0 Å². The van der Waals surface area contributed by atoms with Gasteiger partial charge in [-0.1, -0.05) is 36.4 Å². The molecule has 2 aromatic carbocycles. The van der Waals surface area contributed by atoms with E-state index in [0.29, 0.717) is 12.2 Å². The fourth-order valence-electron chi connectivity index (χ4n) is 1.72. The zero-order chi connectivity index (χ0) is 10.7. The van der Waals surface area contributed by atoms with Crippen molar-refractivity contribution in [2.24, 2.45) is 5.73 Å². The van der Waals surface area contributed by atoms with Gasteiger partial charge in [0.05, 0.1) is 0 Å². The fourth-order valence-corrected chi connectivity index (χ4v) is 1.72. The summed E-state index contributed by atoms with van der Waals surface area (Å²) in [6.07, 6.45) is 3.99.